The summed E-state index contributed by atoms with van der Waals surface area (Å²) in [4.78, 5) is 24.2. The van der Waals surface area contributed by atoms with Crippen molar-refractivity contribution in [3.8, 4) is 0 Å². The van der Waals surface area contributed by atoms with Gasteiger partial charge in [-0.3, -0.25) is 9.59 Å². The number of sulfone groups is 1. The maximum atomic E-state index is 11.7. The molecular weight excluding hydrogens is 258 g/mol. The van der Waals surface area contributed by atoms with Crippen LogP contribution in [0.15, 0.2) is 0 Å². The van der Waals surface area contributed by atoms with Crippen LogP contribution in [0.4, 0.5) is 0 Å². The van der Waals surface area contributed by atoms with E-state index in [2.05, 4.69) is 5.32 Å². The number of nitrogens with one attached hydrogen (secondary N) is 1. The topological polar surface area (TPSA) is 110 Å². The van der Waals surface area contributed by atoms with Crippen molar-refractivity contribution in [1.82, 2.24) is 10.2 Å². The van der Waals surface area contributed by atoms with Gasteiger partial charge in [-0.05, 0) is 13.3 Å². The van der Waals surface area contributed by atoms with Crippen molar-refractivity contribution in [3.05, 3.63) is 0 Å². The molecule has 0 aromatic carbocycles. The van der Waals surface area contributed by atoms with Gasteiger partial charge in [-0.25, -0.2) is 8.42 Å². The minimum atomic E-state index is -3.14. The van der Waals surface area contributed by atoms with Crippen molar-refractivity contribution in [2.45, 2.75) is 19.4 Å². The number of likely N-dealkylation sites (N-methyl/N-ethyl adjacent to an activating group) is 2. The monoisotopic (exact) mass is 279 g/mol. The maximum Gasteiger partial charge on any atom is 0.239 e. The Morgan fingerprint density at radius 1 is 1.39 bits per heavy atom. The lowest BCUT2D eigenvalue weighted by atomic mass is 10.2. The van der Waals surface area contributed by atoms with Crippen LogP contribution in [-0.4, -0.2) is 63.3 Å². The first kappa shape index (κ1) is 16.9. The molecule has 0 aromatic rings. The third-order valence-electron chi connectivity index (χ3n) is 2.25. The summed E-state index contributed by atoms with van der Waals surface area (Å²) in [6, 6.07) is -0.904. The molecule has 0 aliphatic rings. The van der Waals surface area contributed by atoms with Gasteiger partial charge in [0.25, 0.3) is 0 Å². The lowest BCUT2D eigenvalue weighted by Gasteiger charge is -2.20. The lowest BCUT2D eigenvalue weighted by molar-refractivity contribution is -0.135. The molecule has 18 heavy (non-hydrogen) atoms. The zero-order valence-electron chi connectivity index (χ0n) is 11.0. The Hall–Kier alpha value is -1.15. The molecule has 2 amide bonds. The first-order valence-corrected chi connectivity index (χ1v) is 7.68. The number of carbonyl (C=O) groups excluding carboxylic acids is 2. The Morgan fingerprint density at radius 2 is 1.94 bits per heavy atom. The number of rotatable bonds is 7. The largest absolute Gasteiger partial charge is 0.355 e. The van der Waals surface area contributed by atoms with E-state index in [1.807, 2.05) is 0 Å². The Labute approximate surface area is 108 Å². The second-order valence-electron chi connectivity index (χ2n) is 4.17. The highest BCUT2D eigenvalue weighted by Gasteiger charge is 2.20. The SMILES string of the molecule is CCNC(=O)CN(C)C(=O)C(N)CCS(C)(=O)=O. The summed E-state index contributed by atoms with van der Waals surface area (Å²) in [5.41, 5.74) is 5.59. The molecule has 0 aromatic heterocycles. The van der Waals surface area contributed by atoms with Crippen LogP contribution < -0.4 is 11.1 Å². The van der Waals surface area contributed by atoms with Gasteiger partial charge in [0.1, 0.15) is 9.84 Å². The predicted molar refractivity (Wildman–Crippen MR) is 68.6 cm³/mol. The molecule has 0 radical (unpaired) electrons. The minimum absolute atomic E-state index is 0.0530. The van der Waals surface area contributed by atoms with Crippen molar-refractivity contribution in [2.24, 2.45) is 5.73 Å². The molecule has 0 fully saturated rings. The first-order valence-electron chi connectivity index (χ1n) is 5.62. The molecule has 106 valence electrons. The van der Waals surface area contributed by atoms with Crippen molar-refractivity contribution >= 4 is 21.7 Å². The van der Waals surface area contributed by atoms with Gasteiger partial charge in [-0.1, -0.05) is 0 Å². The van der Waals surface area contributed by atoms with Gasteiger partial charge in [0, 0.05) is 19.8 Å². The summed E-state index contributed by atoms with van der Waals surface area (Å²) in [7, 11) is -1.68. The van der Waals surface area contributed by atoms with Crippen molar-refractivity contribution in [3.63, 3.8) is 0 Å². The molecule has 0 saturated carbocycles. The molecule has 8 heteroatoms. The zero-order valence-corrected chi connectivity index (χ0v) is 11.8. The highest BCUT2D eigenvalue weighted by atomic mass is 32.2. The Morgan fingerprint density at radius 3 is 2.39 bits per heavy atom. The standard InChI is InChI=1S/C10H21N3O4S/c1-4-12-9(14)7-13(2)10(15)8(11)5-6-18(3,16)17/h8H,4-7,11H2,1-3H3,(H,12,14). The Balaban J connectivity index is 4.24. The fourth-order valence-corrected chi connectivity index (χ4v) is 1.98. The number of carbonyl (C=O) groups is 2. The van der Waals surface area contributed by atoms with Crippen molar-refractivity contribution in [1.29, 1.82) is 0 Å². The van der Waals surface area contributed by atoms with E-state index in [9.17, 15) is 18.0 Å². The molecule has 1 unspecified atom stereocenters. The van der Waals surface area contributed by atoms with Crippen LogP contribution in [0.1, 0.15) is 13.3 Å². The highest BCUT2D eigenvalue weighted by Crippen LogP contribution is 1.98. The molecule has 1 atom stereocenters. The summed E-state index contributed by atoms with van der Waals surface area (Å²) in [5.74, 6) is -0.858. The van der Waals surface area contributed by atoms with Crippen LogP contribution in [0.25, 0.3) is 0 Å². The van der Waals surface area contributed by atoms with Gasteiger partial charge in [0.05, 0.1) is 18.3 Å². The minimum Gasteiger partial charge on any atom is -0.355 e. The van der Waals surface area contributed by atoms with E-state index in [1.54, 1.807) is 6.92 Å². The first-order chi connectivity index (χ1) is 8.17. The second kappa shape index (κ2) is 7.32. The van der Waals surface area contributed by atoms with Gasteiger partial charge >= 0.3 is 0 Å². The molecule has 0 aliphatic carbocycles. The molecule has 0 heterocycles. The summed E-state index contributed by atoms with van der Waals surface area (Å²) < 4.78 is 21.9. The number of nitrogens with zero attached hydrogens (tertiary/aromatic N) is 1. The van der Waals surface area contributed by atoms with Crippen LogP contribution in [0, 0.1) is 0 Å². The fourth-order valence-electron chi connectivity index (χ4n) is 1.29. The van der Waals surface area contributed by atoms with E-state index in [1.165, 1.54) is 11.9 Å². The third kappa shape index (κ3) is 7.23. The zero-order chi connectivity index (χ0) is 14.3. The summed E-state index contributed by atoms with van der Waals surface area (Å²) in [6.07, 6.45) is 1.14. The molecule has 0 bridgehead atoms. The van der Waals surface area contributed by atoms with Gasteiger partial charge in [0.2, 0.25) is 11.8 Å². The molecule has 3 N–H and O–H groups in total. The predicted octanol–water partition coefficient (Wildman–Crippen LogP) is -1.66. The smallest absolute Gasteiger partial charge is 0.239 e. The van der Waals surface area contributed by atoms with Crippen LogP contribution in [0.5, 0.6) is 0 Å². The normalized spacial score (nSPS) is 12.9. The number of hydrogen-bond acceptors (Lipinski definition) is 5. The van der Waals surface area contributed by atoms with Crippen molar-refractivity contribution in [2.75, 3.05) is 32.1 Å². The van der Waals surface area contributed by atoms with E-state index >= 15 is 0 Å². The van der Waals surface area contributed by atoms with Crippen LogP contribution >= 0.6 is 0 Å². The van der Waals surface area contributed by atoms with Gasteiger partial charge in [-0.2, -0.15) is 0 Å². The molecule has 0 saturated heterocycles. The maximum absolute atomic E-state index is 11.7. The van der Waals surface area contributed by atoms with E-state index in [4.69, 9.17) is 5.73 Å². The van der Waals surface area contributed by atoms with Crippen LogP contribution in [0.2, 0.25) is 0 Å². The summed E-state index contributed by atoms with van der Waals surface area (Å²) in [6.45, 7) is 2.18. The average Bonchev–Trinajstić information content (AvgIpc) is 2.23. The number of hydrogen-bond donors (Lipinski definition) is 2. The average molecular weight is 279 g/mol. The van der Waals surface area contributed by atoms with E-state index in [0.29, 0.717) is 6.54 Å². The van der Waals surface area contributed by atoms with E-state index in [-0.39, 0.29) is 24.6 Å². The van der Waals surface area contributed by atoms with E-state index < -0.39 is 21.8 Å². The number of amides is 2. The van der Waals surface area contributed by atoms with Gasteiger partial charge in [-0.15, -0.1) is 0 Å². The molecular formula is C10H21N3O4S. The third-order valence-corrected chi connectivity index (χ3v) is 3.23. The summed E-state index contributed by atoms with van der Waals surface area (Å²) in [5, 5.41) is 2.56. The highest BCUT2D eigenvalue weighted by molar-refractivity contribution is 7.90. The molecule has 0 aliphatic heterocycles. The molecule has 7 nitrogen and oxygen atoms in total. The second-order valence-corrected chi connectivity index (χ2v) is 6.43. The fraction of sp³-hybridized carbons (Fsp3) is 0.800. The Kier molecular flexibility index (Phi) is 6.85. The van der Waals surface area contributed by atoms with Crippen LogP contribution in [-0.2, 0) is 19.4 Å². The van der Waals surface area contributed by atoms with Gasteiger partial charge in [0.15, 0.2) is 0 Å². The quantitative estimate of drug-likeness (QED) is 0.580. The van der Waals surface area contributed by atoms with E-state index in [0.717, 1.165) is 6.26 Å². The summed E-state index contributed by atoms with van der Waals surface area (Å²) >= 11 is 0. The van der Waals surface area contributed by atoms with Crippen LogP contribution in [0.3, 0.4) is 0 Å². The van der Waals surface area contributed by atoms with Crippen molar-refractivity contribution < 1.29 is 18.0 Å². The molecule has 0 rings (SSSR count). The van der Waals surface area contributed by atoms with Gasteiger partial charge < -0.3 is 16.0 Å². The lowest BCUT2D eigenvalue weighted by Crippen LogP contribution is -2.46. The molecule has 0 spiro atoms. The number of nitrogens with two attached hydrogens (primary N) is 1. The Bertz CT molecular complexity index is 394.